The molecule has 2 aliphatic heterocycles. The lowest BCUT2D eigenvalue weighted by atomic mass is 9.88. The zero-order chi connectivity index (χ0) is 22.3. The van der Waals surface area contributed by atoms with Gasteiger partial charge < -0.3 is 19.5 Å². The van der Waals surface area contributed by atoms with Gasteiger partial charge in [0, 0.05) is 26.4 Å². The number of hydrogen-bond donors (Lipinski definition) is 2. The zero-order valence-electron chi connectivity index (χ0n) is 18.1. The summed E-state index contributed by atoms with van der Waals surface area (Å²) in [5.41, 5.74) is 1.64. The minimum Gasteiger partial charge on any atom is -0.493 e. The van der Waals surface area contributed by atoms with Gasteiger partial charge in [0.1, 0.15) is 0 Å². The van der Waals surface area contributed by atoms with Gasteiger partial charge in [0.2, 0.25) is 11.6 Å². The Morgan fingerprint density at radius 2 is 1.87 bits per heavy atom. The van der Waals surface area contributed by atoms with Gasteiger partial charge in [0.25, 0.3) is 5.91 Å². The van der Waals surface area contributed by atoms with Gasteiger partial charge in [-0.15, -0.1) is 0 Å². The summed E-state index contributed by atoms with van der Waals surface area (Å²) in [5.74, 6) is -1.11. The highest BCUT2D eigenvalue weighted by Gasteiger charge is 2.64. The summed E-state index contributed by atoms with van der Waals surface area (Å²) in [6.07, 6.45) is 5.17. The van der Waals surface area contributed by atoms with Crippen LogP contribution in [0.4, 0.5) is 0 Å². The monoisotopic (exact) mass is 431 g/mol. The van der Waals surface area contributed by atoms with Crippen molar-refractivity contribution in [2.24, 2.45) is 5.92 Å². The first kappa shape index (κ1) is 21.6. The average molecular weight is 431 g/mol. The van der Waals surface area contributed by atoms with Crippen molar-refractivity contribution in [3.63, 3.8) is 0 Å². The number of fused-ring (bicyclic) bond motifs is 1. The number of methoxy groups -OCH3 is 1. The van der Waals surface area contributed by atoms with Crippen molar-refractivity contribution in [1.29, 1.82) is 0 Å². The summed E-state index contributed by atoms with van der Waals surface area (Å²) in [4.78, 5) is 38.8. The van der Waals surface area contributed by atoms with E-state index in [1.54, 1.807) is 23.1 Å². The van der Waals surface area contributed by atoms with E-state index in [4.69, 9.17) is 9.47 Å². The molecule has 0 aromatic heterocycles. The van der Waals surface area contributed by atoms with Crippen molar-refractivity contribution in [2.45, 2.75) is 63.8 Å². The Morgan fingerprint density at radius 3 is 2.48 bits per heavy atom. The second kappa shape index (κ2) is 8.12. The molecule has 0 unspecified atom stereocenters. The molecule has 2 amide bonds. The summed E-state index contributed by atoms with van der Waals surface area (Å²) in [6, 6.07) is 4.54. The van der Waals surface area contributed by atoms with Gasteiger partial charge >= 0.3 is 5.97 Å². The van der Waals surface area contributed by atoms with Crippen LogP contribution in [0.5, 0.6) is 11.5 Å². The molecule has 4 rings (SSSR count). The molecule has 1 aromatic rings. The van der Waals surface area contributed by atoms with Crippen LogP contribution < -0.4 is 14.9 Å². The zero-order valence-corrected chi connectivity index (χ0v) is 18.1. The molecule has 31 heavy (non-hydrogen) atoms. The van der Waals surface area contributed by atoms with Crippen molar-refractivity contribution < 1.29 is 29.0 Å². The number of amides is 2. The van der Waals surface area contributed by atoms with Crippen molar-refractivity contribution >= 4 is 17.8 Å². The van der Waals surface area contributed by atoms with Crippen LogP contribution in [0.15, 0.2) is 18.2 Å². The van der Waals surface area contributed by atoms with E-state index >= 15 is 0 Å². The van der Waals surface area contributed by atoms with Gasteiger partial charge in [-0.1, -0.05) is 25.3 Å². The quantitative estimate of drug-likeness (QED) is 0.549. The Morgan fingerprint density at radius 1 is 1.16 bits per heavy atom. The van der Waals surface area contributed by atoms with E-state index in [9.17, 15) is 19.5 Å². The summed E-state index contributed by atoms with van der Waals surface area (Å²) in [7, 11) is 1.46. The van der Waals surface area contributed by atoms with E-state index in [1.807, 2.05) is 0 Å². The first-order valence-electron chi connectivity index (χ1n) is 10.7. The van der Waals surface area contributed by atoms with Gasteiger partial charge in [-0.3, -0.25) is 19.4 Å². The summed E-state index contributed by atoms with van der Waals surface area (Å²) < 4.78 is 10.6. The maximum Gasteiger partial charge on any atom is 0.308 e. The highest BCUT2D eigenvalue weighted by atomic mass is 16.6. The van der Waals surface area contributed by atoms with Gasteiger partial charge in [0.05, 0.1) is 19.1 Å². The second-order valence-corrected chi connectivity index (χ2v) is 8.57. The van der Waals surface area contributed by atoms with Crippen LogP contribution in [0.25, 0.3) is 0 Å². The van der Waals surface area contributed by atoms with Crippen molar-refractivity contribution in [2.75, 3.05) is 13.7 Å². The Balaban J connectivity index is 1.69. The fourth-order valence-electron chi connectivity index (χ4n) is 5.17. The number of rotatable bonds is 4. The minimum absolute atomic E-state index is 0.116. The van der Waals surface area contributed by atoms with E-state index in [0.29, 0.717) is 17.9 Å². The van der Waals surface area contributed by atoms with E-state index in [0.717, 1.165) is 25.7 Å². The fourth-order valence-corrected chi connectivity index (χ4v) is 5.17. The molecule has 2 N–H and O–H groups in total. The molecule has 1 aliphatic carbocycles. The Hall–Kier alpha value is -2.65. The third-order valence-electron chi connectivity index (χ3n) is 6.60. The third-order valence-corrected chi connectivity index (χ3v) is 6.60. The van der Waals surface area contributed by atoms with Crippen LogP contribution in [-0.4, -0.2) is 58.2 Å². The molecule has 0 spiro atoms. The molecule has 168 valence electrons. The summed E-state index contributed by atoms with van der Waals surface area (Å²) in [6.45, 7) is 3.05. The number of ether oxygens (including phenoxy) is 2. The molecule has 9 heteroatoms. The molecule has 0 bridgehead atoms. The normalized spacial score (nSPS) is 28.6. The smallest absolute Gasteiger partial charge is 0.308 e. The Bertz CT molecular complexity index is 899. The van der Waals surface area contributed by atoms with Gasteiger partial charge in [-0.2, -0.15) is 5.43 Å². The maximum atomic E-state index is 13.2. The first-order valence-corrected chi connectivity index (χ1v) is 10.7. The number of benzene rings is 1. The van der Waals surface area contributed by atoms with Crippen LogP contribution >= 0.6 is 0 Å². The summed E-state index contributed by atoms with van der Waals surface area (Å²) >= 11 is 0. The molecule has 2 heterocycles. The minimum atomic E-state index is -1.84. The first-order chi connectivity index (χ1) is 14.8. The number of likely N-dealkylation sites (tertiary alicyclic amines) is 1. The largest absolute Gasteiger partial charge is 0.493 e. The number of nitrogens with zero attached hydrogens (tertiary/aromatic N) is 2. The van der Waals surface area contributed by atoms with Crippen LogP contribution in [0.3, 0.4) is 0 Å². The lowest BCUT2D eigenvalue weighted by Crippen LogP contribution is -2.56. The van der Waals surface area contributed by atoms with Crippen LogP contribution in [0, 0.1) is 5.92 Å². The number of hydrogen-bond acceptors (Lipinski definition) is 7. The molecule has 1 aromatic carbocycles. The Kier molecular flexibility index (Phi) is 5.65. The molecule has 3 aliphatic rings. The summed E-state index contributed by atoms with van der Waals surface area (Å²) in [5, 5.41) is 12.7. The van der Waals surface area contributed by atoms with Crippen LogP contribution in [-0.2, 0) is 14.4 Å². The van der Waals surface area contributed by atoms with Crippen LogP contribution in [0.2, 0.25) is 0 Å². The number of nitrogens with one attached hydrogen (secondary N) is 1. The highest BCUT2D eigenvalue weighted by Crippen LogP contribution is 2.47. The second-order valence-electron chi connectivity index (χ2n) is 8.57. The number of carbonyl (C=O) groups is 3. The SMILES string of the molecule is COc1cc([C@@H]2[C@@H]3CN(C4CCCCC4)C(=O)[C@]3(O)NN2C(C)=O)ccc1OC(C)=O. The lowest BCUT2D eigenvalue weighted by Gasteiger charge is -2.34. The van der Waals surface area contributed by atoms with Gasteiger partial charge in [-0.25, -0.2) is 0 Å². The average Bonchev–Trinajstić information content (AvgIpc) is 3.18. The van der Waals surface area contributed by atoms with Crippen molar-refractivity contribution in [1.82, 2.24) is 15.3 Å². The topological polar surface area (TPSA) is 108 Å². The Labute approximate surface area is 181 Å². The van der Waals surface area contributed by atoms with E-state index in [-0.39, 0.29) is 23.6 Å². The van der Waals surface area contributed by atoms with E-state index in [1.165, 1.54) is 32.4 Å². The van der Waals surface area contributed by atoms with Gasteiger partial charge in [0.15, 0.2) is 11.5 Å². The molecule has 0 radical (unpaired) electrons. The molecular formula is C22H29N3O6. The third kappa shape index (κ3) is 3.65. The standard InChI is InChI=1S/C22H29N3O6/c1-13(26)25-20(15-9-10-18(31-14(2)27)19(11-15)30-3)17-12-24(16-7-5-4-6-8-16)21(28)22(17,29)23-25/h9-11,16-17,20,23,29H,4-8,12H2,1-3H3/t17-,20+,22-/m0/s1. The number of aliphatic hydroxyl groups is 1. The highest BCUT2D eigenvalue weighted by molar-refractivity contribution is 5.89. The van der Waals surface area contributed by atoms with Crippen molar-refractivity contribution in [3.05, 3.63) is 23.8 Å². The van der Waals surface area contributed by atoms with Crippen molar-refractivity contribution in [3.8, 4) is 11.5 Å². The van der Waals surface area contributed by atoms with E-state index < -0.39 is 23.7 Å². The fraction of sp³-hybridized carbons (Fsp3) is 0.591. The number of esters is 1. The predicted octanol–water partition coefficient (Wildman–Crippen LogP) is 1.51. The maximum absolute atomic E-state index is 13.2. The molecule has 3 fully saturated rings. The molecule has 9 nitrogen and oxygen atoms in total. The molecular weight excluding hydrogens is 402 g/mol. The molecule has 2 saturated heterocycles. The molecule has 3 atom stereocenters. The predicted molar refractivity (Wildman–Crippen MR) is 110 cm³/mol. The molecule has 1 saturated carbocycles. The number of carbonyl (C=O) groups excluding carboxylic acids is 3. The lowest BCUT2D eigenvalue weighted by molar-refractivity contribution is -0.153. The van der Waals surface area contributed by atoms with Crippen LogP contribution in [0.1, 0.15) is 57.6 Å². The van der Waals surface area contributed by atoms with E-state index in [2.05, 4.69) is 5.43 Å². The van der Waals surface area contributed by atoms with Gasteiger partial charge in [-0.05, 0) is 30.5 Å². The number of hydrazine groups is 1.